The molecule has 0 aliphatic heterocycles. The Morgan fingerprint density at radius 1 is 0.569 bits per heavy atom. The molecule has 0 bridgehead atoms. The number of aryl methyl sites for hydroxylation is 1. The molecule has 1 aliphatic rings. The summed E-state index contributed by atoms with van der Waals surface area (Å²) in [7, 11) is -0.822. The fourth-order valence-electron chi connectivity index (χ4n) is 10.00. The van der Waals surface area contributed by atoms with E-state index < -0.39 is 8.07 Å². The molecule has 1 aliphatic carbocycles. The number of imidazole rings is 1. The Bertz CT molecular complexity index is 3140. The minimum Gasteiger partial charge on any atom is -0.327 e. The molecule has 0 saturated carbocycles. The first kappa shape index (κ1) is 34.8. The standard InChI is InChI=1S/C53H41N3SSi/c1-53(2)44-26-16-30-54-51(44)50(43-34-49-42(33-45(43)53)41-25-10-13-29-48(41)57-49)35-17-14-23-39(31-35)58(37-19-6-4-7-20-37,38-21-8-5-9-22-38)40-24-15-18-36(32-40)52-55-46-27-11-12-28-47(46)56(52)3/h4-34,50H,1-3H3. The summed E-state index contributed by atoms with van der Waals surface area (Å²) in [5.74, 6) is 0.941. The van der Waals surface area contributed by atoms with E-state index in [1.54, 1.807) is 0 Å². The molecular formula is C53H41N3SSi. The lowest BCUT2D eigenvalue weighted by Gasteiger charge is -2.39. The average molecular weight is 780 g/mol. The first-order chi connectivity index (χ1) is 28.4. The van der Waals surface area contributed by atoms with Crippen LogP contribution in [0.3, 0.4) is 0 Å². The van der Waals surface area contributed by atoms with Crippen molar-refractivity contribution in [2.75, 3.05) is 0 Å². The highest BCUT2D eigenvalue weighted by Crippen LogP contribution is 2.51. The lowest BCUT2D eigenvalue weighted by molar-refractivity contribution is 0.589. The van der Waals surface area contributed by atoms with E-state index in [1.165, 1.54) is 63.2 Å². The lowest BCUT2D eigenvalue weighted by Crippen LogP contribution is -2.74. The smallest absolute Gasteiger partial charge is 0.179 e. The van der Waals surface area contributed by atoms with Gasteiger partial charge in [-0.15, -0.1) is 11.3 Å². The Balaban J connectivity index is 1.18. The normalized spacial score (nSPS) is 14.8. The number of aromatic nitrogens is 3. The Morgan fingerprint density at radius 2 is 1.24 bits per heavy atom. The molecule has 278 valence electrons. The van der Waals surface area contributed by atoms with Crippen molar-refractivity contribution in [1.82, 2.24) is 14.5 Å². The van der Waals surface area contributed by atoms with Gasteiger partial charge in [-0.05, 0) is 79.4 Å². The molecular weight excluding hydrogens is 739 g/mol. The first-order valence-corrected chi connectivity index (χ1v) is 22.9. The van der Waals surface area contributed by atoms with Crippen LogP contribution in [0.15, 0.2) is 188 Å². The van der Waals surface area contributed by atoms with E-state index in [-0.39, 0.29) is 11.3 Å². The molecule has 0 amide bonds. The number of benzene rings is 7. The van der Waals surface area contributed by atoms with Gasteiger partial charge in [-0.1, -0.05) is 159 Å². The second kappa shape index (κ2) is 13.3. The van der Waals surface area contributed by atoms with Crippen molar-refractivity contribution in [3.8, 4) is 11.4 Å². The van der Waals surface area contributed by atoms with Crippen LogP contribution >= 0.6 is 11.3 Å². The molecule has 1 unspecified atom stereocenters. The second-order valence-corrected chi connectivity index (χ2v) is 21.1. The fraction of sp³-hybridized carbons (Fsp3) is 0.0943. The summed E-state index contributed by atoms with van der Waals surface area (Å²) in [5, 5.41) is 8.03. The molecule has 0 spiro atoms. The van der Waals surface area contributed by atoms with Gasteiger partial charge in [0.2, 0.25) is 0 Å². The van der Waals surface area contributed by atoms with E-state index in [0.717, 1.165) is 28.1 Å². The van der Waals surface area contributed by atoms with E-state index in [1.807, 2.05) is 17.5 Å². The van der Waals surface area contributed by atoms with Gasteiger partial charge in [-0.2, -0.15) is 0 Å². The van der Waals surface area contributed by atoms with E-state index in [2.05, 4.69) is 207 Å². The Labute approximate surface area is 344 Å². The Kier molecular flexibility index (Phi) is 8.01. The molecule has 0 saturated heterocycles. The van der Waals surface area contributed by atoms with Gasteiger partial charge in [0.25, 0.3) is 0 Å². The predicted octanol–water partition coefficient (Wildman–Crippen LogP) is 10.2. The predicted molar refractivity (Wildman–Crippen MR) is 246 cm³/mol. The van der Waals surface area contributed by atoms with Gasteiger partial charge in [0.1, 0.15) is 5.82 Å². The third-order valence-electron chi connectivity index (χ3n) is 12.7. The van der Waals surface area contributed by atoms with Gasteiger partial charge in [0.05, 0.1) is 22.6 Å². The monoisotopic (exact) mass is 779 g/mol. The summed E-state index contributed by atoms with van der Waals surface area (Å²) in [6.07, 6.45) is 1.98. The van der Waals surface area contributed by atoms with Crippen molar-refractivity contribution in [3.63, 3.8) is 0 Å². The summed E-state index contributed by atoms with van der Waals surface area (Å²) in [6.45, 7) is 4.75. The molecule has 11 rings (SSSR count). The summed E-state index contributed by atoms with van der Waals surface area (Å²) in [4.78, 5) is 10.4. The number of rotatable bonds is 6. The maximum absolute atomic E-state index is 5.24. The molecule has 10 aromatic rings. The van der Waals surface area contributed by atoms with Crippen molar-refractivity contribution in [3.05, 3.63) is 216 Å². The number of para-hydroxylation sites is 2. The van der Waals surface area contributed by atoms with Crippen LogP contribution < -0.4 is 20.7 Å². The second-order valence-electron chi connectivity index (χ2n) is 16.2. The van der Waals surface area contributed by atoms with Crippen LogP contribution in [0.4, 0.5) is 0 Å². The van der Waals surface area contributed by atoms with Crippen LogP contribution in [0.2, 0.25) is 0 Å². The van der Waals surface area contributed by atoms with Crippen molar-refractivity contribution in [2.24, 2.45) is 7.05 Å². The fourth-order valence-corrected chi connectivity index (χ4v) is 16.0. The zero-order chi connectivity index (χ0) is 39.0. The van der Waals surface area contributed by atoms with E-state index in [4.69, 9.17) is 9.97 Å². The number of thiophene rings is 1. The molecule has 3 nitrogen and oxygen atoms in total. The van der Waals surface area contributed by atoms with E-state index in [0.29, 0.717) is 0 Å². The molecule has 3 heterocycles. The summed E-state index contributed by atoms with van der Waals surface area (Å²) in [6, 6.07) is 67.9. The van der Waals surface area contributed by atoms with Crippen LogP contribution in [0.5, 0.6) is 0 Å². The lowest BCUT2D eigenvalue weighted by atomic mass is 9.65. The highest BCUT2D eigenvalue weighted by molar-refractivity contribution is 7.25. The highest BCUT2D eigenvalue weighted by Gasteiger charge is 2.44. The zero-order valence-corrected chi connectivity index (χ0v) is 34.5. The maximum atomic E-state index is 5.24. The maximum Gasteiger partial charge on any atom is 0.179 e. The van der Waals surface area contributed by atoms with Crippen molar-refractivity contribution < 1.29 is 0 Å². The van der Waals surface area contributed by atoms with Crippen molar-refractivity contribution in [1.29, 1.82) is 0 Å². The summed E-state index contributed by atoms with van der Waals surface area (Å²) < 4.78 is 4.88. The van der Waals surface area contributed by atoms with Gasteiger partial charge >= 0.3 is 0 Å². The first-order valence-electron chi connectivity index (χ1n) is 20.1. The van der Waals surface area contributed by atoms with Crippen LogP contribution in [-0.4, -0.2) is 22.6 Å². The van der Waals surface area contributed by atoms with Gasteiger partial charge in [-0.25, -0.2) is 4.98 Å². The number of nitrogens with zero attached hydrogens (tertiary/aromatic N) is 3. The Hall–Kier alpha value is -6.40. The van der Waals surface area contributed by atoms with Gasteiger partial charge in [0.15, 0.2) is 8.07 Å². The molecule has 1 atom stereocenters. The molecule has 0 fully saturated rings. The topological polar surface area (TPSA) is 30.7 Å². The summed E-state index contributed by atoms with van der Waals surface area (Å²) >= 11 is 1.89. The molecule has 7 aromatic carbocycles. The van der Waals surface area contributed by atoms with Gasteiger partial charge < -0.3 is 4.57 Å². The van der Waals surface area contributed by atoms with Crippen molar-refractivity contribution in [2.45, 2.75) is 25.2 Å². The van der Waals surface area contributed by atoms with E-state index >= 15 is 0 Å². The zero-order valence-electron chi connectivity index (χ0n) is 32.7. The molecule has 0 radical (unpaired) electrons. The van der Waals surface area contributed by atoms with Crippen LogP contribution in [0.25, 0.3) is 42.6 Å². The highest BCUT2D eigenvalue weighted by atomic mass is 32.1. The van der Waals surface area contributed by atoms with E-state index in [9.17, 15) is 0 Å². The Morgan fingerprint density at radius 3 is 2.02 bits per heavy atom. The number of hydrogen-bond donors (Lipinski definition) is 0. The van der Waals surface area contributed by atoms with Crippen LogP contribution in [0, 0.1) is 0 Å². The number of pyridine rings is 1. The third kappa shape index (κ3) is 5.16. The minimum atomic E-state index is -2.95. The minimum absolute atomic E-state index is 0.0293. The molecule has 3 aromatic heterocycles. The number of hydrogen-bond acceptors (Lipinski definition) is 3. The molecule has 0 N–H and O–H groups in total. The molecule has 58 heavy (non-hydrogen) atoms. The molecule has 5 heteroatoms. The third-order valence-corrected chi connectivity index (χ3v) is 18.6. The van der Waals surface area contributed by atoms with Gasteiger partial charge in [-0.3, -0.25) is 4.98 Å². The van der Waals surface area contributed by atoms with Crippen LogP contribution in [0.1, 0.15) is 47.7 Å². The SMILES string of the molecule is Cn1c(-c2cccc([Si](c3ccccc3)(c3ccccc3)c3cccc(C4c5cc6sc7ccccc7c6cc5C(C)(C)c5cccnc54)c3)c2)nc2ccccc21. The van der Waals surface area contributed by atoms with Gasteiger partial charge in [0, 0.05) is 44.4 Å². The average Bonchev–Trinajstić information content (AvgIpc) is 3.81. The largest absolute Gasteiger partial charge is 0.327 e. The van der Waals surface area contributed by atoms with Crippen LogP contribution in [-0.2, 0) is 12.5 Å². The quantitative estimate of drug-likeness (QED) is 0.124. The number of fused-ring (bicyclic) bond motifs is 6. The summed E-state index contributed by atoms with van der Waals surface area (Å²) in [5.41, 5.74) is 9.47. The van der Waals surface area contributed by atoms with Crippen molar-refractivity contribution >= 4 is 71.4 Å².